The second kappa shape index (κ2) is 5.27. The van der Waals surface area contributed by atoms with Crippen molar-refractivity contribution in [3.8, 4) is 0 Å². The van der Waals surface area contributed by atoms with Crippen molar-refractivity contribution in [2.75, 3.05) is 5.32 Å². The van der Waals surface area contributed by atoms with Crippen molar-refractivity contribution < 1.29 is 4.79 Å². The van der Waals surface area contributed by atoms with Gasteiger partial charge in [-0.3, -0.25) is 9.59 Å². The number of rotatable bonds is 3. The van der Waals surface area contributed by atoms with Gasteiger partial charge in [-0.25, -0.2) is 0 Å². The number of nitrogens with two attached hydrogens (primary N) is 1. The fourth-order valence-corrected chi connectivity index (χ4v) is 1.41. The molecule has 0 fully saturated rings. The summed E-state index contributed by atoms with van der Waals surface area (Å²) in [6.45, 7) is 3.69. The third-order valence-electron chi connectivity index (χ3n) is 2.15. The lowest BCUT2D eigenvalue weighted by Gasteiger charge is -2.14. The number of aromatic nitrogens is 1. The van der Waals surface area contributed by atoms with Crippen molar-refractivity contribution in [2.45, 2.75) is 19.9 Å². The van der Waals surface area contributed by atoms with Crippen LogP contribution >= 0.6 is 15.9 Å². The number of H-pyrrole nitrogens is 1. The fourth-order valence-electron chi connectivity index (χ4n) is 1.07. The number of nitrogens with one attached hydrogen (secondary N) is 2. The first-order valence-electron chi connectivity index (χ1n) is 4.86. The van der Waals surface area contributed by atoms with Crippen LogP contribution in [0.1, 0.15) is 13.8 Å². The van der Waals surface area contributed by atoms with E-state index in [1.54, 1.807) is 0 Å². The Balaban J connectivity index is 2.85. The summed E-state index contributed by atoms with van der Waals surface area (Å²) in [5.74, 6) is -0.343. The molecule has 1 amide bonds. The maximum Gasteiger partial charge on any atom is 0.271 e. The molecule has 1 rings (SSSR count). The van der Waals surface area contributed by atoms with Crippen molar-refractivity contribution in [3.05, 3.63) is 27.1 Å². The predicted molar refractivity (Wildman–Crippen MR) is 66.2 cm³/mol. The minimum atomic E-state index is -0.626. The monoisotopic (exact) mass is 287 g/mol. The van der Waals surface area contributed by atoms with Gasteiger partial charge in [-0.15, -0.1) is 0 Å². The minimum Gasteiger partial charge on any atom is -0.326 e. The minimum absolute atomic E-state index is 0.0197. The van der Waals surface area contributed by atoms with E-state index in [4.69, 9.17) is 5.73 Å². The lowest BCUT2D eigenvalue weighted by atomic mass is 10.1. The number of hydrogen-bond acceptors (Lipinski definition) is 3. The number of amides is 1. The van der Waals surface area contributed by atoms with Crippen molar-refractivity contribution >= 4 is 27.5 Å². The zero-order valence-corrected chi connectivity index (χ0v) is 10.7. The number of carbonyl (C=O) groups excluding carboxylic acids is 1. The van der Waals surface area contributed by atoms with Gasteiger partial charge in [-0.05, 0) is 27.9 Å². The molecule has 0 unspecified atom stereocenters. The molecule has 0 aliphatic carbocycles. The molecule has 0 aliphatic rings. The van der Waals surface area contributed by atoms with Crippen LogP contribution in [0.3, 0.4) is 0 Å². The van der Waals surface area contributed by atoms with Crippen LogP contribution in [-0.4, -0.2) is 16.9 Å². The Labute approximate surface area is 102 Å². The summed E-state index contributed by atoms with van der Waals surface area (Å²) in [5.41, 5.74) is 5.50. The van der Waals surface area contributed by atoms with Crippen LogP contribution in [-0.2, 0) is 4.79 Å². The summed E-state index contributed by atoms with van der Waals surface area (Å²) in [6, 6.07) is 0.905. The summed E-state index contributed by atoms with van der Waals surface area (Å²) in [6.07, 6.45) is 1.50. The number of aromatic amines is 1. The van der Waals surface area contributed by atoms with Gasteiger partial charge in [0.25, 0.3) is 5.56 Å². The number of carbonyl (C=O) groups is 1. The summed E-state index contributed by atoms with van der Waals surface area (Å²) >= 11 is 3.20. The standard InChI is InChI=1S/C10H14BrN3O2/c1-5(2)8(12)10(16)14-7-3-6(11)4-13-9(7)15/h3-5,8H,12H2,1-2H3,(H,13,15)(H,14,16)/t8-/m0/s1. The predicted octanol–water partition coefficient (Wildman–Crippen LogP) is 1.06. The van der Waals surface area contributed by atoms with Crippen LogP contribution in [0.25, 0.3) is 0 Å². The highest BCUT2D eigenvalue weighted by atomic mass is 79.9. The van der Waals surface area contributed by atoms with E-state index in [0.29, 0.717) is 4.47 Å². The smallest absolute Gasteiger partial charge is 0.271 e. The average Bonchev–Trinajstić information content (AvgIpc) is 2.22. The van der Waals surface area contributed by atoms with Crippen LogP contribution < -0.4 is 16.6 Å². The van der Waals surface area contributed by atoms with Crippen LogP contribution in [0, 0.1) is 5.92 Å². The summed E-state index contributed by atoms with van der Waals surface area (Å²) < 4.78 is 0.681. The first kappa shape index (κ1) is 12.9. The van der Waals surface area contributed by atoms with E-state index in [2.05, 4.69) is 26.2 Å². The number of hydrogen-bond donors (Lipinski definition) is 3. The molecule has 0 spiro atoms. The molecular weight excluding hydrogens is 274 g/mol. The van der Waals surface area contributed by atoms with Crippen LogP contribution in [0.5, 0.6) is 0 Å². The SMILES string of the molecule is CC(C)[C@H](N)C(=O)Nc1cc(Br)c[nH]c1=O. The fraction of sp³-hybridized carbons (Fsp3) is 0.400. The van der Waals surface area contributed by atoms with Gasteiger partial charge < -0.3 is 16.0 Å². The Morgan fingerprint density at radius 2 is 2.19 bits per heavy atom. The lowest BCUT2D eigenvalue weighted by Crippen LogP contribution is -2.40. The first-order valence-corrected chi connectivity index (χ1v) is 5.65. The van der Waals surface area contributed by atoms with E-state index in [0.717, 1.165) is 0 Å². The molecule has 88 valence electrons. The molecule has 1 aromatic rings. The normalized spacial score (nSPS) is 12.6. The third kappa shape index (κ3) is 3.18. The highest BCUT2D eigenvalue weighted by molar-refractivity contribution is 9.10. The maximum atomic E-state index is 11.6. The summed E-state index contributed by atoms with van der Waals surface area (Å²) in [7, 11) is 0. The van der Waals surface area contributed by atoms with Gasteiger partial charge in [-0.2, -0.15) is 0 Å². The molecule has 1 aromatic heterocycles. The van der Waals surface area contributed by atoms with Crippen LogP contribution in [0.4, 0.5) is 5.69 Å². The van der Waals surface area contributed by atoms with E-state index in [1.165, 1.54) is 12.3 Å². The average molecular weight is 288 g/mol. The van der Waals surface area contributed by atoms with Crippen molar-refractivity contribution in [1.82, 2.24) is 4.98 Å². The number of halogens is 1. The van der Waals surface area contributed by atoms with Crippen LogP contribution in [0.15, 0.2) is 21.5 Å². The third-order valence-corrected chi connectivity index (χ3v) is 2.60. The Kier molecular flexibility index (Phi) is 4.26. The molecule has 6 heteroatoms. The van der Waals surface area contributed by atoms with E-state index < -0.39 is 6.04 Å². The molecule has 5 nitrogen and oxygen atoms in total. The second-order valence-corrected chi connectivity index (χ2v) is 4.74. The highest BCUT2D eigenvalue weighted by Crippen LogP contribution is 2.10. The second-order valence-electron chi connectivity index (χ2n) is 3.82. The quantitative estimate of drug-likeness (QED) is 0.777. The van der Waals surface area contributed by atoms with Gasteiger partial charge in [0.1, 0.15) is 5.69 Å². The largest absolute Gasteiger partial charge is 0.326 e. The molecule has 0 bridgehead atoms. The zero-order valence-electron chi connectivity index (χ0n) is 9.08. The van der Waals surface area contributed by atoms with E-state index in [-0.39, 0.29) is 23.1 Å². The summed E-state index contributed by atoms with van der Waals surface area (Å²) in [5, 5.41) is 2.49. The molecule has 16 heavy (non-hydrogen) atoms. The molecular formula is C10H14BrN3O2. The van der Waals surface area contributed by atoms with Gasteiger partial charge in [0.2, 0.25) is 5.91 Å². The molecule has 0 saturated carbocycles. The number of pyridine rings is 1. The van der Waals surface area contributed by atoms with Crippen molar-refractivity contribution in [3.63, 3.8) is 0 Å². The number of anilines is 1. The Hall–Kier alpha value is -1.14. The lowest BCUT2D eigenvalue weighted by molar-refractivity contribution is -0.118. The Morgan fingerprint density at radius 3 is 2.75 bits per heavy atom. The van der Waals surface area contributed by atoms with Gasteiger partial charge in [-0.1, -0.05) is 13.8 Å². The zero-order chi connectivity index (χ0) is 12.3. The van der Waals surface area contributed by atoms with Crippen LogP contribution in [0.2, 0.25) is 0 Å². The molecule has 0 saturated heterocycles. The Bertz CT molecular complexity index is 442. The van der Waals surface area contributed by atoms with E-state index >= 15 is 0 Å². The molecule has 1 heterocycles. The molecule has 4 N–H and O–H groups in total. The van der Waals surface area contributed by atoms with Crippen molar-refractivity contribution in [1.29, 1.82) is 0 Å². The highest BCUT2D eigenvalue weighted by Gasteiger charge is 2.18. The first-order chi connectivity index (χ1) is 7.41. The van der Waals surface area contributed by atoms with Gasteiger partial charge in [0.05, 0.1) is 6.04 Å². The summed E-state index contributed by atoms with van der Waals surface area (Å²) in [4.78, 5) is 25.5. The van der Waals surface area contributed by atoms with Gasteiger partial charge in [0.15, 0.2) is 0 Å². The molecule has 1 atom stereocenters. The van der Waals surface area contributed by atoms with Gasteiger partial charge in [0, 0.05) is 10.7 Å². The topological polar surface area (TPSA) is 88.0 Å². The molecule has 0 aromatic carbocycles. The van der Waals surface area contributed by atoms with Gasteiger partial charge >= 0.3 is 0 Å². The van der Waals surface area contributed by atoms with E-state index in [1.807, 2.05) is 13.8 Å². The molecule has 0 radical (unpaired) electrons. The Morgan fingerprint density at radius 1 is 1.56 bits per heavy atom. The maximum absolute atomic E-state index is 11.6. The van der Waals surface area contributed by atoms with E-state index in [9.17, 15) is 9.59 Å². The van der Waals surface area contributed by atoms with Crippen molar-refractivity contribution in [2.24, 2.45) is 11.7 Å². The molecule has 0 aliphatic heterocycles.